The number of ketones is 1. The van der Waals surface area contributed by atoms with Crippen molar-refractivity contribution >= 4 is 28.1 Å². The Hall–Kier alpha value is -3.88. The van der Waals surface area contributed by atoms with Gasteiger partial charge >= 0.3 is 0 Å². The van der Waals surface area contributed by atoms with Crippen LogP contribution in [-0.4, -0.2) is 41.4 Å². The van der Waals surface area contributed by atoms with Crippen LogP contribution in [0.5, 0.6) is 0 Å². The van der Waals surface area contributed by atoms with Crippen LogP contribution < -0.4 is 0 Å². The van der Waals surface area contributed by atoms with Crippen molar-refractivity contribution in [1.29, 1.82) is 0 Å². The van der Waals surface area contributed by atoms with E-state index in [0.717, 1.165) is 64.5 Å². The molecule has 0 saturated heterocycles. The molecule has 9 nitrogen and oxygen atoms in total. The molecular formula is C24H23N7O2. The summed E-state index contributed by atoms with van der Waals surface area (Å²) in [5.41, 5.74) is 5.34. The molecule has 0 spiro atoms. The number of fused-ring (bicyclic) bond motifs is 2. The molecule has 0 atom stereocenters. The molecule has 0 amide bonds. The third kappa shape index (κ3) is 3.49. The number of hydrogen-bond acceptors (Lipinski definition) is 7. The molecule has 5 heterocycles. The molecule has 0 bridgehead atoms. The molecule has 1 N–H and O–H groups in total. The Bertz CT molecular complexity index is 1470. The first-order valence-corrected chi connectivity index (χ1v) is 11.2. The zero-order valence-electron chi connectivity index (χ0n) is 18.6. The molecule has 0 aliphatic carbocycles. The largest absolute Gasteiger partial charge is 0.351 e. The fourth-order valence-corrected chi connectivity index (χ4v) is 4.64. The number of Topliss-reactive ketones (excluding diaryl/α,β-unsaturated/α-hetero) is 1. The van der Waals surface area contributed by atoms with E-state index in [9.17, 15) is 4.79 Å². The molecule has 3 aromatic heterocycles. The van der Waals surface area contributed by atoms with Crippen molar-refractivity contribution in [1.82, 2.24) is 29.9 Å². The van der Waals surface area contributed by atoms with Crippen LogP contribution in [0.2, 0.25) is 0 Å². The van der Waals surface area contributed by atoms with Gasteiger partial charge in [-0.1, -0.05) is 11.2 Å². The lowest BCUT2D eigenvalue weighted by atomic mass is 10.0. The molecule has 0 radical (unpaired) electrons. The molecule has 2 aliphatic heterocycles. The first-order valence-electron chi connectivity index (χ1n) is 11.2. The van der Waals surface area contributed by atoms with Gasteiger partial charge in [0.05, 0.1) is 11.4 Å². The summed E-state index contributed by atoms with van der Waals surface area (Å²) in [6.07, 6.45) is 3.67. The van der Waals surface area contributed by atoms with Crippen LogP contribution in [0, 0.1) is 6.92 Å². The Morgan fingerprint density at radius 3 is 2.97 bits per heavy atom. The molecule has 0 unspecified atom stereocenters. The maximum Gasteiger partial charge on any atom is 0.274 e. The molecule has 33 heavy (non-hydrogen) atoms. The van der Waals surface area contributed by atoms with E-state index in [1.807, 2.05) is 25.1 Å². The van der Waals surface area contributed by atoms with Gasteiger partial charge in [-0.05, 0) is 44.0 Å². The number of aryl methyl sites for hydroxylation is 3. The van der Waals surface area contributed by atoms with Gasteiger partial charge < -0.3 is 14.1 Å². The van der Waals surface area contributed by atoms with E-state index in [-0.39, 0.29) is 5.78 Å². The summed E-state index contributed by atoms with van der Waals surface area (Å²) in [5, 5.41) is 13.4. The highest BCUT2D eigenvalue weighted by molar-refractivity contribution is 6.42. The summed E-state index contributed by atoms with van der Waals surface area (Å²) in [5.74, 6) is 3.08. The van der Waals surface area contributed by atoms with Crippen LogP contribution in [0.1, 0.15) is 49.2 Å². The fourth-order valence-electron chi connectivity index (χ4n) is 4.64. The summed E-state index contributed by atoms with van der Waals surface area (Å²) < 4.78 is 7.42. The second kappa shape index (κ2) is 7.61. The zero-order valence-corrected chi connectivity index (χ0v) is 18.6. The Morgan fingerprint density at radius 2 is 2.12 bits per heavy atom. The van der Waals surface area contributed by atoms with Crippen molar-refractivity contribution in [2.45, 2.75) is 52.5 Å². The summed E-state index contributed by atoms with van der Waals surface area (Å²) in [7, 11) is 0. The standard InChI is InChI=1S/C24H23N7O2/c1-13-10-18(20(32)7-8-22-29-28-21-4-3-9-31(21)22)27-23(13)15-5-6-17-16(11-15)12-19(26-17)24-25-14(2)30-33-24/h5-6,11-12,26H,3-4,7-10H2,1-2H3. The number of carbonyl (C=O) groups is 1. The Kier molecular flexibility index (Phi) is 4.56. The highest BCUT2D eigenvalue weighted by atomic mass is 16.5. The monoisotopic (exact) mass is 441 g/mol. The Balaban J connectivity index is 1.21. The SMILES string of the molecule is CC1=C(c2ccc3[nH]c(-c4nc(C)no4)cc3c2)N=C(C(=O)CCc2nnc3n2CCC3)C1. The highest BCUT2D eigenvalue weighted by Gasteiger charge is 2.23. The lowest BCUT2D eigenvalue weighted by molar-refractivity contribution is -0.113. The number of nitrogens with one attached hydrogen (secondary N) is 1. The van der Waals surface area contributed by atoms with Crippen molar-refractivity contribution in [2.24, 2.45) is 4.99 Å². The smallest absolute Gasteiger partial charge is 0.274 e. The van der Waals surface area contributed by atoms with Gasteiger partial charge in [-0.3, -0.25) is 4.79 Å². The van der Waals surface area contributed by atoms with Gasteiger partial charge in [0.2, 0.25) is 0 Å². The number of aromatic amines is 1. The average Bonchev–Trinajstić information content (AvgIpc) is 3.59. The van der Waals surface area contributed by atoms with E-state index in [1.165, 1.54) is 0 Å². The maximum atomic E-state index is 12.9. The summed E-state index contributed by atoms with van der Waals surface area (Å²) >= 11 is 0. The van der Waals surface area contributed by atoms with E-state index in [1.54, 1.807) is 6.92 Å². The molecule has 4 aromatic rings. The second-order valence-electron chi connectivity index (χ2n) is 8.71. The van der Waals surface area contributed by atoms with E-state index < -0.39 is 0 Å². The molecule has 0 fully saturated rings. The second-order valence-corrected chi connectivity index (χ2v) is 8.71. The number of rotatable bonds is 6. The fraction of sp³-hybridized carbons (Fsp3) is 0.333. The number of H-pyrrole nitrogens is 1. The topological polar surface area (TPSA) is 115 Å². The van der Waals surface area contributed by atoms with Crippen LogP contribution in [0.25, 0.3) is 28.2 Å². The summed E-state index contributed by atoms with van der Waals surface area (Å²) in [6.45, 7) is 4.78. The minimum Gasteiger partial charge on any atom is -0.351 e. The van der Waals surface area contributed by atoms with E-state index >= 15 is 0 Å². The average molecular weight is 441 g/mol. The number of aliphatic imine (C=N–C) groups is 1. The zero-order chi connectivity index (χ0) is 22.5. The minimum atomic E-state index is 0.0801. The van der Waals surface area contributed by atoms with Crippen molar-refractivity contribution in [3.8, 4) is 11.6 Å². The molecule has 0 saturated carbocycles. The van der Waals surface area contributed by atoms with Gasteiger partial charge in [0.1, 0.15) is 17.3 Å². The van der Waals surface area contributed by atoms with Crippen LogP contribution >= 0.6 is 0 Å². The predicted molar refractivity (Wildman–Crippen MR) is 123 cm³/mol. The number of hydrogen-bond donors (Lipinski definition) is 1. The van der Waals surface area contributed by atoms with Gasteiger partial charge in [-0.25, -0.2) is 4.99 Å². The van der Waals surface area contributed by atoms with Gasteiger partial charge in [-0.15, -0.1) is 10.2 Å². The van der Waals surface area contributed by atoms with Gasteiger partial charge in [-0.2, -0.15) is 4.98 Å². The molecular weight excluding hydrogens is 418 g/mol. The van der Waals surface area contributed by atoms with Crippen LogP contribution in [0.3, 0.4) is 0 Å². The van der Waals surface area contributed by atoms with Crippen molar-refractivity contribution in [2.75, 3.05) is 0 Å². The van der Waals surface area contributed by atoms with Crippen molar-refractivity contribution in [3.05, 3.63) is 52.9 Å². The first-order chi connectivity index (χ1) is 16.0. The van der Waals surface area contributed by atoms with E-state index in [4.69, 9.17) is 9.52 Å². The molecule has 9 heteroatoms. The lowest BCUT2D eigenvalue weighted by Gasteiger charge is -2.03. The summed E-state index contributed by atoms with van der Waals surface area (Å²) in [6, 6.07) is 8.10. The van der Waals surface area contributed by atoms with Crippen LogP contribution in [-0.2, 0) is 24.2 Å². The first kappa shape index (κ1) is 19.8. The molecule has 2 aliphatic rings. The van der Waals surface area contributed by atoms with Crippen LogP contribution in [0.4, 0.5) is 0 Å². The molecule has 1 aromatic carbocycles. The van der Waals surface area contributed by atoms with Gasteiger partial charge in [0.15, 0.2) is 11.6 Å². The van der Waals surface area contributed by atoms with E-state index in [0.29, 0.717) is 36.7 Å². The third-order valence-electron chi connectivity index (χ3n) is 6.32. The lowest BCUT2D eigenvalue weighted by Crippen LogP contribution is -2.14. The van der Waals surface area contributed by atoms with Gasteiger partial charge in [0.25, 0.3) is 5.89 Å². The Morgan fingerprint density at radius 1 is 1.21 bits per heavy atom. The molecule has 6 rings (SSSR count). The highest BCUT2D eigenvalue weighted by Crippen LogP contribution is 2.32. The van der Waals surface area contributed by atoms with Crippen molar-refractivity contribution in [3.63, 3.8) is 0 Å². The van der Waals surface area contributed by atoms with E-state index in [2.05, 4.69) is 36.0 Å². The number of carbonyl (C=O) groups excluding carboxylic acids is 1. The van der Waals surface area contributed by atoms with Gasteiger partial charge in [0, 0.05) is 48.7 Å². The predicted octanol–water partition coefficient (Wildman–Crippen LogP) is 3.84. The summed E-state index contributed by atoms with van der Waals surface area (Å²) in [4.78, 5) is 25.2. The van der Waals surface area contributed by atoms with Crippen molar-refractivity contribution < 1.29 is 9.32 Å². The maximum absolute atomic E-state index is 12.9. The Labute approximate surface area is 189 Å². The quantitative estimate of drug-likeness (QED) is 0.486. The third-order valence-corrected chi connectivity index (χ3v) is 6.32. The number of benzene rings is 1. The number of allylic oxidation sites excluding steroid dienone is 1. The number of aromatic nitrogens is 6. The van der Waals surface area contributed by atoms with Crippen LogP contribution in [0.15, 0.2) is 39.4 Å². The molecule has 166 valence electrons. The number of nitrogens with zero attached hydrogens (tertiary/aromatic N) is 6. The normalized spacial score (nSPS) is 15.5. The minimum absolute atomic E-state index is 0.0801.